The third-order valence-electron chi connectivity index (χ3n) is 4.76. The smallest absolute Gasteiger partial charge is 0.234 e. The van der Waals surface area contributed by atoms with Gasteiger partial charge >= 0.3 is 0 Å². The van der Waals surface area contributed by atoms with Gasteiger partial charge in [-0.3, -0.25) is 9.36 Å². The van der Waals surface area contributed by atoms with Crippen molar-refractivity contribution in [3.8, 4) is 10.7 Å². The number of hydrogen-bond acceptors (Lipinski definition) is 5. The molecule has 0 saturated carbocycles. The second kappa shape index (κ2) is 9.28. The molecule has 4 aromatic rings. The Hall–Kier alpha value is -2.90. The van der Waals surface area contributed by atoms with Crippen molar-refractivity contribution >= 4 is 34.7 Å². The fourth-order valence-electron chi connectivity index (χ4n) is 3.04. The monoisotopic (exact) mass is 434 g/mol. The van der Waals surface area contributed by atoms with E-state index >= 15 is 0 Å². The van der Waals surface area contributed by atoms with Crippen LogP contribution in [0.4, 0.5) is 5.69 Å². The maximum absolute atomic E-state index is 12.5. The van der Waals surface area contributed by atoms with Crippen molar-refractivity contribution in [1.82, 2.24) is 14.8 Å². The van der Waals surface area contributed by atoms with E-state index in [-0.39, 0.29) is 11.7 Å². The number of rotatable bonds is 7. The molecule has 0 spiro atoms. The van der Waals surface area contributed by atoms with Gasteiger partial charge in [0.15, 0.2) is 11.0 Å². The van der Waals surface area contributed by atoms with Crippen molar-refractivity contribution in [2.45, 2.75) is 25.5 Å². The quantitative estimate of drug-likeness (QED) is 0.396. The SMILES string of the molecule is Cc1ccc(NC(=O)CSc2nnc(-c3cccs3)n2Cc2ccccc2)cc1C. The molecule has 2 aromatic carbocycles. The molecule has 1 amide bonds. The van der Waals surface area contributed by atoms with Crippen molar-refractivity contribution in [1.29, 1.82) is 0 Å². The minimum Gasteiger partial charge on any atom is -0.325 e. The molecule has 5 nitrogen and oxygen atoms in total. The van der Waals surface area contributed by atoms with Crippen molar-refractivity contribution in [2.75, 3.05) is 11.1 Å². The lowest BCUT2D eigenvalue weighted by Gasteiger charge is -2.10. The Morgan fingerprint density at radius 2 is 1.87 bits per heavy atom. The average molecular weight is 435 g/mol. The number of anilines is 1. The fraction of sp³-hybridized carbons (Fsp3) is 0.174. The largest absolute Gasteiger partial charge is 0.325 e. The van der Waals surface area contributed by atoms with Gasteiger partial charge in [0.05, 0.1) is 17.2 Å². The van der Waals surface area contributed by atoms with Crippen LogP contribution in [0.25, 0.3) is 10.7 Å². The number of nitrogens with zero attached hydrogens (tertiary/aromatic N) is 3. The summed E-state index contributed by atoms with van der Waals surface area (Å²) in [6.07, 6.45) is 0. The van der Waals surface area contributed by atoms with Crippen LogP contribution in [0, 0.1) is 13.8 Å². The molecule has 2 heterocycles. The van der Waals surface area contributed by atoms with Gasteiger partial charge in [0.1, 0.15) is 0 Å². The Morgan fingerprint density at radius 3 is 2.60 bits per heavy atom. The van der Waals surface area contributed by atoms with Crippen LogP contribution in [-0.2, 0) is 11.3 Å². The molecule has 0 bridgehead atoms. The van der Waals surface area contributed by atoms with Crippen LogP contribution in [0.3, 0.4) is 0 Å². The first-order valence-electron chi connectivity index (χ1n) is 9.61. The maximum Gasteiger partial charge on any atom is 0.234 e. The molecule has 0 aliphatic rings. The molecular formula is C23H22N4OS2. The Balaban J connectivity index is 1.50. The van der Waals surface area contributed by atoms with E-state index in [4.69, 9.17) is 0 Å². The van der Waals surface area contributed by atoms with Crippen LogP contribution in [0.2, 0.25) is 0 Å². The number of carbonyl (C=O) groups excluding carboxylic acids is 1. The van der Waals surface area contributed by atoms with Crippen LogP contribution < -0.4 is 5.32 Å². The van der Waals surface area contributed by atoms with Crippen LogP contribution >= 0.6 is 23.1 Å². The highest BCUT2D eigenvalue weighted by atomic mass is 32.2. The van der Waals surface area contributed by atoms with Gasteiger partial charge in [-0.25, -0.2) is 0 Å². The van der Waals surface area contributed by atoms with Gasteiger partial charge in [-0.1, -0.05) is 54.2 Å². The van der Waals surface area contributed by atoms with Crippen LogP contribution in [0.1, 0.15) is 16.7 Å². The Bertz CT molecular complexity index is 1140. The van der Waals surface area contributed by atoms with Gasteiger partial charge in [0, 0.05) is 5.69 Å². The number of amides is 1. The third-order valence-corrected chi connectivity index (χ3v) is 6.60. The number of hydrogen-bond donors (Lipinski definition) is 1. The summed E-state index contributed by atoms with van der Waals surface area (Å²) < 4.78 is 2.08. The molecule has 30 heavy (non-hydrogen) atoms. The normalized spacial score (nSPS) is 10.9. The Labute approximate surface area is 184 Å². The lowest BCUT2D eigenvalue weighted by Crippen LogP contribution is -2.15. The van der Waals surface area contributed by atoms with Gasteiger partial charge in [0.25, 0.3) is 0 Å². The summed E-state index contributed by atoms with van der Waals surface area (Å²) in [6.45, 7) is 4.75. The maximum atomic E-state index is 12.5. The first-order valence-corrected chi connectivity index (χ1v) is 11.5. The number of aromatic nitrogens is 3. The lowest BCUT2D eigenvalue weighted by molar-refractivity contribution is -0.113. The average Bonchev–Trinajstić information content (AvgIpc) is 3.40. The van der Waals surface area contributed by atoms with Crippen LogP contribution in [-0.4, -0.2) is 26.4 Å². The molecule has 1 N–H and O–H groups in total. The van der Waals surface area contributed by atoms with E-state index in [2.05, 4.69) is 39.1 Å². The molecular weight excluding hydrogens is 412 g/mol. The van der Waals surface area contributed by atoms with Gasteiger partial charge in [-0.2, -0.15) is 0 Å². The highest BCUT2D eigenvalue weighted by molar-refractivity contribution is 7.99. The first-order chi connectivity index (χ1) is 14.6. The standard InChI is InChI=1S/C23H22N4OS2/c1-16-10-11-19(13-17(16)2)24-21(28)15-30-23-26-25-22(20-9-6-12-29-20)27(23)14-18-7-4-3-5-8-18/h3-13H,14-15H2,1-2H3,(H,24,28). The van der Waals surface area contributed by atoms with E-state index in [0.717, 1.165) is 32.7 Å². The predicted molar refractivity (Wildman–Crippen MR) is 124 cm³/mol. The number of thioether (sulfide) groups is 1. The second-order valence-electron chi connectivity index (χ2n) is 6.99. The molecule has 2 aromatic heterocycles. The van der Waals surface area contributed by atoms with Crippen molar-refractivity contribution in [3.05, 3.63) is 82.7 Å². The highest BCUT2D eigenvalue weighted by Gasteiger charge is 2.17. The molecule has 0 radical (unpaired) electrons. The number of aryl methyl sites for hydroxylation is 2. The molecule has 7 heteroatoms. The zero-order valence-corrected chi connectivity index (χ0v) is 18.5. The van der Waals surface area contributed by atoms with E-state index in [1.807, 2.05) is 60.8 Å². The summed E-state index contributed by atoms with van der Waals surface area (Å²) >= 11 is 3.03. The minimum atomic E-state index is -0.0600. The third kappa shape index (κ3) is 4.80. The number of carbonyl (C=O) groups is 1. The van der Waals surface area contributed by atoms with Crippen molar-refractivity contribution in [3.63, 3.8) is 0 Å². The topological polar surface area (TPSA) is 59.8 Å². The Kier molecular flexibility index (Phi) is 6.30. The van der Waals surface area contributed by atoms with Gasteiger partial charge in [0.2, 0.25) is 5.91 Å². The summed E-state index contributed by atoms with van der Waals surface area (Å²) in [5.41, 5.74) is 4.34. The van der Waals surface area contributed by atoms with Gasteiger partial charge in [-0.05, 0) is 54.1 Å². The molecule has 4 rings (SSSR count). The fourth-order valence-corrected chi connectivity index (χ4v) is 4.49. The zero-order chi connectivity index (χ0) is 20.9. The number of nitrogens with one attached hydrogen (secondary N) is 1. The molecule has 0 aliphatic carbocycles. The van der Waals surface area contributed by atoms with E-state index in [1.54, 1.807) is 11.3 Å². The second-order valence-corrected chi connectivity index (χ2v) is 8.88. The van der Waals surface area contributed by atoms with Gasteiger partial charge < -0.3 is 5.32 Å². The van der Waals surface area contributed by atoms with Gasteiger partial charge in [-0.15, -0.1) is 21.5 Å². The molecule has 0 atom stereocenters. The summed E-state index contributed by atoms with van der Waals surface area (Å²) in [6, 6.07) is 20.2. The first kappa shape index (κ1) is 20.4. The van der Waals surface area contributed by atoms with Crippen molar-refractivity contribution < 1.29 is 4.79 Å². The summed E-state index contributed by atoms with van der Waals surface area (Å²) in [7, 11) is 0. The summed E-state index contributed by atoms with van der Waals surface area (Å²) in [4.78, 5) is 13.6. The predicted octanol–water partition coefficient (Wildman–Crippen LogP) is 5.40. The van der Waals surface area contributed by atoms with E-state index < -0.39 is 0 Å². The summed E-state index contributed by atoms with van der Waals surface area (Å²) in [5.74, 6) is 1.03. The Morgan fingerprint density at radius 1 is 1.03 bits per heavy atom. The molecule has 0 unspecified atom stereocenters. The highest BCUT2D eigenvalue weighted by Crippen LogP contribution is 2.28. The summed E-state index contributed by atoms with van der Waals surface area (Å²) in [5, 5.41) is 14.5. The molecule has 0 saturated heterocycles. The van der Waals surface area contributed by atoms with Crippen LogP contribution in [0.5, 0.6) is 0 Å². The zero-order valence-electron chi connectivity index (χ0n) is 16.8. The number of benzene rings is 2. The van der Waals surface area contributed by atoms with E-state index in [0.29, 0.717) is 6.54 Å². The molecule has 152 valence electrons. The van der Waals surface area contributed by atoms with Crippen LogP contribution in [0.15, 0.2) is 71.2 Å². The van der Waals surface area contributed by atoms with E-state index in [9.17, 15) is 4.79 Å². The minimum absolute atomic E-state index is 0.0600. The number of thiophene rings is 1. The molecule has 0 fully saturated rings. The lowest BCUT2D eigenvalue weighted by atomic mass is 10.1. The van der Waals surface area contributed by atoms with E-state index in [1.165, 1.54) is 17.3 Å². The molecule has 0 aliphatic heterocycles. The van der Waals surface area contributed by atoms with Crippen molar-refractivity contribution in [2.24, 2.45) is 0 Å².